The zero-order chi connectivity index (χ0) is 16.8. The van der Waals surface area contributed by atoms with Crippen LogP contribution in [-0.4, -0.2) is 48.3 Å². The maximum atomic E-state index is 5.81. The molecule has 0 amide bonds. The molecule has 0 radical (unpaired) electrons. The highest BCUT2D eigenvalue weighted by atomic mass is 16.5. The Hall–Kier alpha value is -1.98. The predicted octanol–water partition coefficient (Wildman–Crippen LogP) is 2.48. The van der Waals surface area contributed by atoms with Crippen molar-refractivity contribution in [2.24, 2.45) is 5.92 Å². The van der Waals surface area contributed by atoms with E-state index in [1.165, 1.54) is 5.56 Å². The molecule has 1 fully saturated rings. The van der Waals surface area contributed by atoms with E-state index in [-0.39, 0.29) is 0 Å². The number of methoxy groups -OCH3 is 1. The summed E-state index contributed by atoms with van der Waals surface area (Å²) < 4.78 is 11.0. The second kappa shape index (κ2) is 8.22. The van der Waals surface area contributed by atoms with E-state index < -0.39 is 0 Å². The fourth-order valence-corrected chi connectivity index (χ4v) is 3.13. The highest BCUT2D eigenvalue weighted by molar-refractivity contribution is 5.27. The molecule has 1 saturated heterocycles. The van der Waals surface area contributed by atoms with Gasteiger partial charge in [-0.15, -0.1) is 0 Å². The molecule has 2 aromatic rings. The van der Waals surface area contributed by atoms with Crippen molar-refractivity contribution in [2.75, 3.05) is 33.4 Å². The third kappa shape index (κ3) is 4.76. The summed E-state index contributed by atoms with van der Waals surface area (Å²) in [4.78, 5) is 11.0. The number of benzene rings is 1. The van der Waals surface area contributed by atoms with E-state index >= 15 is 0 Å². The van der Waals surface area contributed by atoms with Crippen LogP contribution in [-0.2, 0) is 17.7 Å². The molecule has 2 heterocycles. The monoisotopic (exact) mass is 327 g/mol. The molecule has 128 valence electrons. The largest absolute Gasteiger partial charge is 0.497 e. The lowest BCUT2D eigenvalue weighted by atomic mass is 10.0. The average molecular weight is 327 g/mol. The number of nitrogens with zero attached hydrogens (tertiary/aromatic N) is 3. The minimum atomic E-state index is 0.458. The molecule has 1 atom stereocenters. The number of rotatable bonds is 5. The van der Waals surface area contributed by atoms with Crippen LogP contribution in [0.2, 0.25) is 0 Å². The van der Waals surface area contributed by atoms with Crippen molar-refractivity contribution >= 4 is 0 Å². The summed E-state index contributed by atoms with van der Waals surface area (Å²) in [6, 6.07) is 10.4. The van der Waals surface area contributed by atoms with Gasteiger partial charge in [0.1, 0.15) is 12.1 Å². The van der Waals surface area contributed by atoms with Crippen molar-refractivity contribution < 1.29 is 9.47 Å². The number of aryl methyl sites for hydroxylation is 1. The van der Waals surface area contributed by atoms with Gasteiger partial charge in [0.05, 0.1) is 20.3 Å². The van der Waals surface area contributed by atoms with Crippen molar-refractivity contribution in [1.29, 1.82) is 0 Å². The second-order valence-corrected chi connectivity index (χ2v) is 6.38. The fraction of sp³-hybridized carbons (Fsp3) is 0.474. The van der Waals surface area contributed by atoms with Crippen LogP contribution in [0.15, 0.2) is 36.7 Å². The molecule has 0 N–H and O–H groups in total. The zero-order valence-corrected chi connectivity index (χ0v) is 14.4. The van der Waals surface area contributed by atoms with Crippen LogP contribution in [0, 0.1) is 12.8 Å². The van der Waals surface area contributed by atoms with Gasteiger partial charge in [-0.05, 0) is 37.1 Å². The first-order chi connectivity index (χ1) is 11.7. The van der Waals surface area contributed by atoms with Gasteiger partial charge < -0.3 is 9.47 Å². The summed E-state index contributed by atoms with van der Waals surface area (Å²) in [5.41, 5.74) is 3.42. The summed E-state index contributed by atoms with van der Waals surface area (Å²) in [6.07, 6.45) is 2.58. The second-order valence-electron chi connectivity index (χ2n) is 6.38. The third-order valence-electron chi connectivity index (χ3n) is 4.35. The molecule has 1 aromatic carbocycles. The van der Waals surface area contributed by atoms with Gasteiger partial charge in [-0.25, -0.2) is 9.97 Å². The lowest BCUT2D eigenvalue weighted by Gasteiger charge is -2.23. The Kier molecular flexibility index (Phi) is 5.77. The van der Waals surface area contributed by atoms with Crippen LogP contribution in [0.5, 0.6) is 5.75 Å². The van der Waals surface area contributed by atoms with E-state index in [0.29, 0.717) is 5.92 Å². The smallest absolute Gasteiger partial charge is 0.118 e. The SMILES string of the molecule is COc1ccc(CN2CCOCC(Cc3cc(C)ncn3)C2)cc1. The van der Waals surface area contributed by atoms with Crippen LogP contribution in [0.3, 0.4) is 0 Å². The third-order valence-corrected chi connectivity index (χ3v) is 4.35. The first-order valence-electron chi connectivity index (χ1n) is 8.43. The van der Waals surface area contributed by atoms with Crippen molar-refractivity contribution in [3.05, 3.63) is 53.6 Å². The van der Waals surface area contributed by atoms with E-state index in [0.717, 1.165) is 56.4 Å². The average Bonchev–Trinajstić information content (AvgIpc) is 2.80. The zero-order valence-electron chi connectivity index (χ0n) is 14.4. The molecule has 0 aliphatic carbocycles. The minimum absolute atomic E-state index is 0.458. The minimum Gasteiger partial charge on any atom is -0.497 e. The van der Waals surface area contributed by atoms with Crippen molar-refractivity contribution in [1.82, 2.24) is 14.9 Å². The summed E-state index contributed by atoms with van der Waals surface area (Å²) in [5.74, 6) is 1.36. The fourth-order valence-electron chi connectivity index (χ4n) is 3.13. The summed E-state index contributed by atoms with van der Waals surface area (Å²) >= 11 is 0. The molecular formula is C19H25N3O2. The molecule has 0 saturated carbocycles. The Morgan fingerprint density at radius 1 is 1.25 bits per heavy atom. The summed E-state index contributed by atoms with van der Waals surface area (Å²) in [6.45, 7) is 6.51. The number of ether oxygens (including phenoxy) is 2. The van der Waals surface area contributed by atoms with E-state index in [1.807, 2.05) is 19.1 Å². The van der Waals surface area contributed by atoms with Gasteiger partial charge in [-0.2, -0.15) is 0 Å². The van der Waals surface area contributed by atoms with Crippen LogP contribution in [0.1, 0.15) is 17.0 Å². The maximum Gasteiger partial charge on any atom is 0.118 e. The van der Waals surface area contributed by atoms with E-state index in [4.69, 9.17) is 9.47 Å². The van der Waals surface area contributed by atoms with Gasteiger partial charge in [0, 0.05) is 36.9 Å². The van der Waals surface area contributed by atoms with Crippen LogP contribution >= 0.6 is 0 Å². The van der Waals surface area contributed by atoms with Crippen molar-refractivity contribution in [2.45, 2.75) is 19.9 Å². The van der Waals surface area contributed by atoms with Gasteiger partial charge in [0.25, 0.3) is 0 Å². The number of aromatic nitrogens is 2. The van der Waals surface area contributed by atoms with Crippen molar-refractivity contribution in [3.8, 4) is 5.75 Å². The first-order valence-corrected chi connectivity index (χ1v) is 8.43. The van der Waals surface area contributed by atoms with Crippen LogP contribution < -0.4 is 4.74 Å². The van der Waals surface area contributed by atoms with Crippen LogP contribution in [0.4, 0.5) is 0 Å². The molecule has 1 unspecified atom stereocenters. The van der Waals surface area contributed by atoms with Crippen LogP contribution in [0.25, 0.3) is 0 Å². The molecule has 1 aliphatic rings. The van der Waals surface area contributed by atoms with Gasteiger partial charge in [0.15, 0.2) is 0 Å². The Morgan fingerprint density at radius 2 is 2.08 bits per heavy atom. The Bertz CT molecular complexity index is 645. The number of hydrogen-bond acceptors (Lipinski definition) is 5. The maximum absolute atomic E-state index is 5.81. The summed E-state index contributed by atoms with van der Waals surface area (Å²) in [7, 11) is 1.70. The Balaban J connectivity index is 1.61. The van der Waals surface area contributed by atoms with Gasteiger partial charge in [-0.3, -0.25) is 4.90 Å². The van der Waals surface area contributed by atoms with E-state index in [1.54, 1.807) is 13.4 Å². The van der Waals surface area contributed by atoms with Gasteiger partial charge in [-0.1, -0.05) is 12.1 Å². The normalized spacial score (nSPS) is 19.0. The summed E-state index contributed by atoms with van der Waals surface area (Å²) in [5, 5.41) is 0. The Morgan fingerprint density at radius 3 is 2.83 bits per heavy atom. The van der Waals surface area contributed by atoms with E-state index in [2.05, 4.69) is 33.1 Å². The Labute approximate surface area is 143 Å². The van der Waals surface area contributed by atoms with Crippen molar-refractivity contribution in [3.63, 3.8) is 0 Å². The molecule has 5 heteroatoms. The molecule has 0 spiro atoms. The first kappa shape index (κ1) is 16.9. The quantitative estimate of drug-likeness (QED) is 0.844. The lowest BCUT2D eigenvalue weighted by Crippen LogP contribution is -2.30. The molecule has 1 aromatic heterocycles. The van der Waals surface area contributed by atoms with Gasteiger partial charge in [0.2, 0.25) is 0 Å². The van der Waals surface area contributed by atoms with Gasteiger partial charge >= 0.3 is 0 Å². The molecule has 24 heavy (non-hydrogen) atoms. The molecule has 5 nitrogen and oxygen atoms in total. The van der Waals surface area contributed by atoms with E-state index in [9.17, 15) is 0 Å². The molecule has 3 rings (SSSR count). The topological polar surface area (TPSA) is 47.5 Å². The molecule has 1 aliphatic heterocycles. The molecular weight excluding hydrogens is 302 g/mol. The lowest BCUT2D eigenvalue weighted by molar-refractivity contribution is 0.121. The highest BCUT2D eigenvalue weighted by Crippen LogP contribution is 2.17. The molecule has 0 bridgehead atoms. The standard InChI is InChI=1S/C19H25N3O2/c1-15-9-18(21-14-20-15)10-17-12-22(7-8-24-13-17)11-16-3-5-19(23-2)6-4-16/h3-6,9,14,17H,7-8,10-13H2,1-2H3. The highest BCUT2D eigenvalue weighted by Gasteiger charge is 2.20. The predicted molar refractivity (Wildman–Crippen MR) is 93.1 cm³/mol. The number of hydrogen-bond donors (Lipinski definition) is 0.